The molecule has 0 aliphatic heterocycles. The number of amides is 1. The molecule has 3 aromatic rings. The molecule has 0 unspecified atom stereocenters. The summed E-state index contributed by atoms with van der Waals surface area (Å²) in [5, 5.41) is 3.58. The molecule has 0 bridgehead atoms. The summed E-state index contributed by atoms with van der Waals surface area (Å²) >= 11 is 1.13. The maximum Gasteiger partial charge on any atom is 0.280 e. The zero-order chi connectivity index (χ0) is 17.8. The van der Waals surface area contributed by atoms with Crippen molar-refractivity contribution in [2.45, 2.75) is 18.5 Å². The van der Waals surface area contributed by atoms with Crippen LogP contribution in [0.25, 0.3) is 10.9 Å². The first kappa shape index (κ1) is 17.0. The number of para-hydroxylation sites is 1. The van der Waals surface area contributed by atoms with Crippen LogP contribution in [0.15, 0.2) is 58.5 Å². The van der Waals surface area contributed by atoms with Crippen LogP contribution in [-0.2, 0) is 11.2 Å². The Balaban J connectivity index is 1.70. The minimum absolute atomic E-state index is 0.109. The van der Waals surface area contributed by atoms with Crippen LogP contribution in [-0.4, -0.2) is 21.3 Å². The van der Waals surface area contributed by atoms with Gasteiger partial charge in [0.25, 0.3) is 5.56 Å². The number of hydrogen-bond acceptors (Lipinski definition) is 5. The summed E-state index contributed by atoms with van der Waals surface area (Å²) in [4.78, 5) is 28.7. The average Bonchev–Trinajstić information content (AvgIpc) is 2.64. The van der Waals surface area contributed by atoms with Gasteiger partial charge in [0.1, 0.15) is 0 Å². The van der Waals surface area contributed by atoms with Crippen molar-refractivity contribution in [2.24, 2.45) is 0 Å². The lowest BCUT2D eigenvalue weighted by atomic mass is 10.1. The highest BCUT2D eigenvalue weighted by atomic mass is 32.2. The molecule has 1 aromatic heterocycles. The molecular weight excluding hydrogens is 336 g/mol. The topological polar surface area (TPSA) is 90.0 Å². The number of thioether (sulfide) groups is 1. The van der Waals surface area contributed by atoms with E-state index in [9.17, 15) is 9.59 Å². The first-order valence-corrected chi connectivity index (χ1v) is 8.85. The highest BCUT2D eigenvalue weighted by molar-refractivity contribution is 7.99. The Kier molecular flexibility index (Phi) is 5.04. The number of nitrogens with zero attached hydrogens (tertiary/aromatic N) is 2. The van der Waals surface area contributed by atoms with Gasteiger partial charge in [-0.05, 0) is 36.2 Å². The molecule has 0 radical (unpaired) electrons. The van der Waals surface area contributed by atoms with E-state index in [1.807, 2.05) is 24.3 Å². The van der Waals surface area contributed by atoms with Gasteiger partial charge in [-0.25, -0.2) is 9.66 Å². The summed E-state index contributed by atoms with van der Waals surface area (Å²) < 4.78 is 0.982. The fourth-order valence-electron chi connectivity index (χ4n) is 2.38. The number of fused-ring (bicyclic) bond motifs is 1. The van der Waals surface area contributed by atoms with Crippen LogP contribution >= 0.6 is 11.8 Å². The number of anilines is 1. The van der Waals surface area contributed by atoms with E-state index in [2.05, 4.69) is 17.2 Å². The highest BCUT2D eigenvalue weighted by Crippen LogP contribution is 2.17. The molecule has 6 nitrogen and oxygen atoms in total. The van der Waals surface area contributed by atoms with Gasteiger partial charge in [-0.2, -0.15) is 0 Å². The van der Waals surface area contributed by atoms with Crippen molar-refractivity contribution in [3.63, 3.8) is 0 Å². The lowest BCUT2D eigenvalue weighted by molar-refractivity contribution is -0.113. The number of aromatic nitrogens is 2. The summed E-state index contributed by atoms with van der Waals surface area (Å²) in [6, 6.07) is 14.7. The lowest BCUT2D eigenvalue weighted by Gasteiger charge is -2.09. The van der Waals surface area contributed by atoms with Gasteiger partial charge < -0.3 is 11.2 Å². The number of carbonyl (C=O) groups excluding carboxylic acids is 1. The smallest absolute Gasteiger partial charge is 0.280 e. The van der Waals surface area contributed by atoms with Gasteiger partial charge in [0, 0.05) is 5.69 Å². The number of carbonyl (C=O) groups is 1. The Morgan fingerprint density at radius 2 is 1.92 bits per heavy atom. The molecule has 0 atom stereocenters. The van der Waals surface area contributed by atoms with E-state index in [1.54, 1.807) is 24.3 Å². The van der Waals surface area contributed by atoms with E-state index >= 15 is 0 Å². The molecule has 0 spiro atoms. The van der Waals surface area contributed by atoms with Gasteiger partial charge in [0.2, 0.25) is 5.91 Å². The van der Waals surface area contributed by atoms with Crippen molar-refractivity contribution in [3.8, 4) is 0 Å². The summed E-state index contributed by atoms with van der Waals surface area (Å²) in [6.07, 6.45) is 0.950. The Morgan fingerprint density at radius 1 is 1.20 bits per heavy atom. The molecular formula is C18H18N4O2S. The summed E-state index contributed by atoms with van der Waals surface area (Å²) in [5.74, 6) is 5.73. The van der Waals surface area contributed by atoms with E-state index in [-0.39, 0.29) is 17.2 Å². The Bertz CT molecular complexity index is 967. The number of rotatable bonds is 5. The molecule has 0 saturated heterocycles. The largest absolute Gasteiger partial charge is 0.334 e. The fraction of sp³-hybridized carbons (Fsp3) is 0.167. The zero-order valence-corrected chi connectivity index (χ0v) is 14.5. The quantitative estimate of drug-likeness (QED) is 0.417. The molecule has 3 N–H and O–H groups in total. The van der Waals surface area contributed by atoms with E-state index in [1.165, 1.54) is 5.56 Å². The van der Waals surface area contributed by atoms with E-state index < -0.39 is 0 Å². The van der Waals surface area contributed by atoms with E-state index in [0.29, 0.717) is 16.1 Å². The molecule has 2 aromatic carbocycles. The normalized spacial score (nSPS) is 10.8. The molecule has 0 aliphatic rings. The maximum atomic E-state index is 12.2. The van der Waals surface area contributed by atoms with Crippen LogP contribution in [0.2, 0.25) is 0 Å². The molecule has 7 heteroatoms. The second kappa shape index (κ2) is 7.40. The Morgan fingerprint density at radius 3 is 2.64 bits per heavy atom. The molecule has 0 saturated carbocycles. The van der Waals surface area contributed by atoms with Gasteiger partial charge in [0.05, 0.1) is 16.7 Å². The standard InChI is InChI=1S/C18H18N4O2S/c1-2-12-7-9-13(10-8-12)20-16(23)11-25-18-21-15-6-4-3-5-14(15)17(24)22(18)19/h3-10H,2,11,19H2,1H3,(H,20,23). The average molecular weight is 354 g/mol. The molecule has 128 valence electrons. The number of nitrogen functional groups attached to an aromatic ring is 1. The first-order chi connectivity index (χ1) is 12.1. The van der Waals surface area contributed by atoms with Gasteiger partial charge in [-0.15, -0.1) is 0 Å². The van der Waals surface area contributed by atoms with Crippen molar-refractivity contribution >= 4 is 34.3 Å². The molecule has 0 fully saturated rings. The second-order valence-corrected chi connectivity index (χ2v) is 6.42. The number of nitrogens with two attached hydrogens (primary N) is 1. The molecule has 0 aliphatic carbocycles. The van der Waals surface area contributed by atoms with Gasteiger partial charge in [-0.1, -0.05) is 43.0 Å². The van der Waals surface area contributed by atoms with E-state index in [4.69, 9.17) is 5.84 Å². The molecule has 1 amide bonds. The van der Waals surface area contributed by atoms with Crippen LogP contribution in [0.3, 0.4) is 0 Å². The molecule has 25 heavy (non-hydrogen) atoms. The van der Waals surface area contributed by atoms with Crippen molar-refractivity contribution < 1.29 is 4.79 Å². The number of nitrogens with one attached hydrogen (secondary N) is 1. The number of benzene rings is 2. The number of hydrogen-bond donors (Lipinski definition) is 2. The van der Waals surface area contributed by atoms with Crippen molar-refractivity contribution in [1.82, 2.24) is 9.66 Å². The van der Waals surface area contributed by atoms with Gasteiger partial charge in [-0.3, -0.25) is 9.59 Å². The third-order valence-electron chi connectivity index (χ3n) is 3.75. The van der Waals surface area contributed by atoms with Crippen LogP contribution in [0.1, 0.15) is 12.5 Å². The van der Waals surface area contributed by atoms with Crippen molar-refractivity contribution in [3.05, 3.63) is 64.4 Å². The fourth-order valence-corrected chi connectivity index (χ4v) is 3.10. The summed E-state index contributed by atoms with van der Waals surface area (Å²) in [7, 11) is 0. The SMILES string of the molecule is CCc1ccc(NC(=O)CSc2nc3ccccc3c(=O)n2N)cc1. The van der Waals surface area contributed by atoms with Crippen molar-refractivity contribution in [1.29, 1.82) is 0 Å². The van der Waals surface area contributed by atoms with Crippen LogP contribution in [0.4, 0.5) is 5.69 Å². The zero-order valence-electron chi connectivity index (χ0n) is 13.7. The number of aryl methyl sites for hydroxylation is 1. The minimum atomic E-state index is -0.330. The monoisotopic (exact) mass is 354 g/mol. The maximum absolute atomic E-state index is 12.2. The summed E-state index contributed by atoms with van der Waals surface area (Å²) in [6.45, 7) is 2.08. The Hall–Kier alpha value is -2.80. The van der Waals surface area contributed by atoms with Crippen LogP contribution < -0.4 is 16.7 Å². The van der Waals surface area contributed by atoms with Crippen LogP contribution in [0.5, 0.6) is 0 Å². The highest BCUT2D eigenvalue weighted by Gasteiger charge is 2.11. The Labute approximate surface area is 149 Å². The summed E-state index contributed by atoms with van der Waals surface area (Å²) in [5.41, 5.74) is 2.18. The van der Waals surface area contributed by atoms with Gasteiger partial charge >= 0.3 is 0 Å². The van der Waals surface area contributed by atoms with E-state index in [0.717, 1.165) is 28.5 Å². The lowest BCUT2D eigenvalue weighted by Crippen LogP contribution is -2.30. The third kappa shape index (κ3) is 3.83. The van der Waals surface area contributed by atoms with Crippen molar-refractivity contribution in [2.75, 3.05) is 16.9 Å². The molecule has 1 heterocycles. The second-order valence-electron chi connectivity index (χ2n) is 5.47. The molecule has 3 rings (SSSR count). The minimum Gasteiger partial charge on any atom is -0.334 e. The predicted octanol–water partition coefficient (Wildman–Crippen LogP) is 2.40. The first-order valence-electron chi connectivity index (χ1n) is 7.87. The third-order valence-corrected chi connectivity index (χ3v) is 4.71. The van der Waals surface area contributed by atoms with Crippen LogP contribution in [0, 0.1) is 0 Å². The van der Waals surface area contributed by atoms with Gasteiger partial charge in [0.15, 0.2) is 5.16 Å². The predicted molar refractivity (Wildman–Crippen MR) is 101 cm³/mol.